The highest BCUT2D eigenvalue weighted by Crippen LogP contribution is 2.31. The number of benzene rings is 1. The highest BCUT2D eigenvalue weighted by molar-refractivity contribution is 7.89. The van der Waals surface area contributed by atoms with Gasteiger partial charge in [0.25, 0.3) is 0 Å². The maximum absolute atomic E-state index is 14.1. The van der Waals surface area contributed by atoms with E-state index in [2.05, 4.69) is 9.71 Å². The minimum Gasteiger partial charge on any atom is -0.493 e. The standard InChI is InChI=1S/C15H17FN2O5S/c1-21-12-7-11(16)14(8-13(12)22-2)24(19,20)18-9-10-4-5-17-15(6-10)23-3/h4-8,18H,9H2,1-3H3. The average molecular weight is 356 g/mol. The monoisotopic (exact) mass is 356 g/mol. The number of methoxy groups -OCH3 is 3. The Kier molecular flexibility index (Phi) is 5.58. The van der Waals surface area contributed by atoms with Crippen LogP contribution in [0.25, 0.3) is 0 Å². The Balaban J connectivity index is 2.27. The Bertz CT molecular complexity index is 827. The van der Waals surface area contributed by atoms with Crippen LogP contribution in [0.2, 0.25) is 0 Å². The molecule has 2 rings (SSSR count). The van der Waals surface area contributed by atoms with Gasteiger partial charge >= 0.3 is 0 Å². The Morgan fingerprint density at radius 1 is 1.08 bits per heavy atom. The van der Waals surface area contributed by atoms with Crippen LogP contribution in [-0.4, -0.2) is 34.7 Å². The molecule has 2 aromatic rings. The van der Waals surface area contributed by atoms with Gasteiger partial charge < -0.3 is 14.2 Å². The zero-order valence-electron chi connectivity index (χ0n) is 13.4. The predicted octanol–water partition coefficient (Wildman–Crippen LogP) is 1.73. The molecule has 1 heterocycles. The highest BCUT2D eigenvalue weighted by atomic mass is 32.2. The first-order chi connectivity index (χ1) is 11.4. The van der Waals surface area contributed by atoms with Gasteiger partial charge in [-0.25, -0.2) is 22.5 Å². The van der Waals surface area contributed by atoms with Gasteiger partial charge in [0.2, 0.25) is 15.9 Å². The summed E-state index contributed by atoms with van der Waals surface area (Å²) in [4.78, 5) is 3.40. The van der Waals surface area contributed by atoms with Crippen molar-refractivity contribution in [3.05, 3.63) is 41.8 Å². The van der Waals surface area contributed by atoms with Crippen molar-refractivity contribution in [2.45, 2.75) is 11.4 Å². The van der Waals surface area contributed by atoms with E-state index in [9.17, 15) is 12.8 Å². The summed E-state index contributed by atoms with van der Waals surface area (Å²) in [5.41, 5.74) is 0.617. The van der Waals surface area contributed by atoms with E-state index >= 15 is 0 Å². The number of hydrogen-bond donors (Lipinski definition) is 1. The number of sulfonamides is 1. The lowest BCUT2D eigenvalue weighted by molar-refractivity contribution is 0.350. The molecule has 0 atom stereocenters. The number of rotatable bonds is 7. The fourth-order valence-corrected chi connectivity index (χ4v) is 3.06. The van der Waals surface area contributed by atoms with E-state index in [1.165, 1.54) is 27.5 Å². The fraction of sp³-hybridized carbons (Fsp3) is 0.267. The van der Waals surface area contributed by atoms with Crippen molar-refractivity contribution in [1.29, 1.82) is 0 Å². The van der Waals surface area contributed by atoms with Crippen LogP contribution in [0.5, 0.6) is 17.4 Å². The molecule has 0 aliphatic carbocycles. The van der Waals surface area contributed by atoms with Crippen LogP contribution < -0.4 is 18.9 Å². The maximum atomic E-state index is 14.1. The molecule has 130 valence electrons. The molecule has 1 N–H and O–H groups in total. The summed E-state index contributed by atoms with van der Waals surface area (Å²) in [5.74, 6) is -0.367. The minimum absolute atomic E-state index is 0.0466. The van der Waals surface area contributed by atoms with E-state index in [1.807, 2.05) is 0 Å². The molecule has 0 bridgehead atoms. The van der Waals surface area contributed by atoms with Crippen molar-refractivity contribution >= 4 is 10.0 Å². The predicted molar refractivity (Wildman–Crippen MR) is 84.3 cm³/mol. The molecule has 0 spiro atoms. The number of aromatic nitrogens is 1. The Labute approximate surface area is 139 Å². The molecule has 0 unspecified atom stereocenters. The first-order valence-electron chi connectivity index (χ1n) is 6.81. The second-order valence-electron chi connectivity index (χ2n) is 4.67. The minimum atomic E-state index is -4.09. The summed E-state index contributed by atoms with van der Waals surface area (Å²) in [5, 5.41) is 0. The van der Waals surface area contributed by atoms with Crippen LogP contribution in [0.1, 0.15) is 5.56 Å². The van der Waals surface area contributed by atoms with Crippen molar-refractivity contribution in [2.75, 3.05) is 21.3 Å². The van der Waals surface area contributed by atoms with E-state index in [4.69, 9.17) is 14.2 Å². The van der Waals surface area contributed by atoms with E-state index in [1.54, 1.807) is 12.1 Å². The van der Waals surface area contributed by atoms with E-state index in [0.717, 1.165) is 12.1 Å². The number of pyridine rings is 1. The van der Waals surface area contributed by atoms with Crippen molar-refractivity contribution in [3.8, 4) is 17.4 Å². The SMILES string of the molecule is COc1cc(CNS(=O)(=O)c2cc(OC)c(OC)cc2F)ccn1. The lowest BCUT2D eigenvalue weighted by atomic mass is 10.3. The van der Waals surface area contributed by atoms with E-state index < -0.39 is 20.7 Å². The van der Waals surface area contributed by atoms with Gasteiger partial charge in [0.1, 0.15) is 10.7 Å². The Morgan fingerprint density at radius 3 is 2.38 bits per heavy atom. The van der Waals surface area contributed by atoms with E-state index in [-0.39, 0.29) is 18.0 Å². The van der Waals surface area contributed by atoms with Crippen LogP contribution in [0.4, 0.5) is 4.39 Å². The third-order valence-corrected chi connectivity index (χ3v) is 4.62. The lowest BCUT2D eigenvalue weighted by Crippen LogP contribution is -2.24. The van der Waals surface area contributed by atoms with Gasteiger partial charge in [-0.05, 0) is 11.6 Å². The smallest absolute Gasteiger partial charge is 0.243 e. The molecule has 1 aromatic carbocycles. The third kappa shape index (κ3) is 3.92. The first kappa shape index (κ1) is 18.0. The second kappa shape index (κ2) is 7.45. The average Bonchev–Trinajstić information content (AvgIpc) is 2.59. The van der Waals surface area contributed by atoms with Crippen molar-refractivity contribution < 1.29 is 27.0 Å². The summed E-state index contributed by atoms with van der Waals surface area (Å²) in [7, 11) is 0.0356. The van der Waals surface area contributed by atoms with Gasteiger partial charge in [0.15, 0.2) is 11.5 Å². The summed E-state index contributed by atoms with van der Waals surface area (Å²) in [6.45, 7) is -0.0466. The molecule has 0 fully saturated rings. The zero-order chi connectivity index (χ0) is 17.7. The zero-order valence-corrected chi connectivity index (χ0v) is 14.2. The number of nitrogens with one attached hydrogen (secondary N) is 1. The van der Waals surface area contributed by atoms with Crippen LogP contribution >= 0.6 is 0 Å². The number of ether oxygens (including phenoxy) is 3. The van der Waals surface area contributed by atoms with Crippen LogP contribution in [0.3, 0.4) is 0 Å². The van der Waals surface area contributed by atoms with Crippen molar-refractivity contribution in [1.82, 2.24) is 9.71 Å². The normalized spacial score (nSPS) is 11.2. The number of halogens is 1. The molecule has 0 amide bonds. The lowest BCUT2D eigenvalue weighted by Gasteiger charge is -2.12. The molecule has 0 radical (unpaired) electrons. The van der Waals surface area contributed by atoms with Gasteiger partial charge in [-0.15, -0.1) is 0 Å². The molecule has 0 saturated heterocycles. The maximum Gasteiger partial charge on any atom is 0.243 e. The second-order valence-corrected chi connectivity index (χ2v) is 6.40. The van der Waals surface area contributed by atoms with Crippen molar-refractivity contribution in [3.63, 3.8) is 0 Å². The Hall–Kier alpha value is -2.39. The van der Waals surface area contributed by atoms with Gasteiger partial charge in [-0.2, -0.15) is 0 Å². The molecule has 0 saturated carbocycles. The van der Waals surface area contributed by atoms with E-state index in [0.29, 0.717) is 11.4 Å². The van der Waals surface area contributed by atoms with Gasteiger partial charge in [-0.1, -0.05) is 0 Å². The molecular weight excluding hydrogens is 339 g/mol. The number of nitrogens with zero attached hydrogens (tertiary/aromatic N) is 1. The molecule has 9 heteroatoms. The van der Waals surface area contributed by atoms with Crippen molar-refractivity contribution in [2.24, 2.45) is 0 Å². The van der Waals surface area contributed by atoms with Gasteiger partial charge in [-0.3, -0.25) is 0 Å². The Morgan fingerprint density at radius 2 is 1.75 bits per heavy atom. The summed E-state index contributed by atoms with van der Waals surface area (Å²) >= 11 is 0. The highest BCUT2D eigenvalue weighted by Gasteiger charge is 2.22. The summed E-state index contributed by atoms with van der Waals surface area (Å²) in [6, 6.07) is 5.23. The van der Waals surface area contributed by atoms with Gasteiger partial charge in [0, 0.05) is 30.9 Å². The molecule has 0 aliphatic rings. The van der Waals surface area contributed by atoms with Crippen LogP contribution in [-0.2, 0) is 16.6 Å². The van der Waals surface area contributed by atoms with Crippen LogP contribution in [0.15, 0.2) is 35.4 Å². The molecule has 7 nitrogen and oxygen atoms in total. The van der Waals surface area contributed by atoms with Crippen LogP contribution in [0, 0.1) is 5.82 Å². The molecule has 0 aliphatic heterocycles. The third-order valence-electron chi connectivity index (χ3n) is 3.20. The summed E-state index contributed by atoms with van der Waals surface area (Å²) < 4.78 is 56.1. The topological polar surface area (TPSA) is 86.8 Å². The molecule has 1 aromatic heterocycles. The molecular formula is C15H17FN2O5S. The summed E-state index contributed by atoms with van der Waals surface area (Å²) in [6.07, 6.45) is 1.49. The van der Waals surface area contributed by atoms with Gasteiger partial charge in [0.05, 0.1) is 21.3 Å². The quantitative estimate of drug-likeness (QED) is 0.813. The largest absolute Gasteiger partial charge is 0.493 e. The number of hydrogen-bond acceptors (Lipinski definition) is 6. The first-order valence-corrected chi connectivity index (χ1v) is 8.29. The molecule has 24 heavy (non-hydrogen) atoms. The fourth-order valence-electron chi connectivity index (χ4n) is 1.97.